The van der Waals surface area contributed by atoms with Gasteiger partial charge in [-0.3, -0.25) is 0 Å². The maximum atomic E-state index is 9.81. The van der Waals surface area contributed by atoms with Crippen LogP contribution in [-0.4, -0.2) is 44.6 Å². The Morgan fingerprint density at radius 2 is 2.29 bits per heavy atom. The van der Waals surface area contributed by atoms with E-state index in [9.17, 15) is 5.11 Å². The van der Waals surface area contributed by atoms with Crippen molar-refractivity contribution in [1.29, 1.82) is 0 Å². The van der Waals surface area contributed by atoms with Gasteiger partial charge in [-0.1, -0.05) is 12.1 Å². The van der Waals surface area contributed by atoms with Crippen molar-refractivity contribution in [3.05, 3.63) is 24.3 Å². The molecule has 1 heterocycles. The monoisotopic (exact) mass is 237 g/mol. The van der Waals surface area contributed by atoms with Crippen molar-refractivity contribution >= 4 is 5.69 Å². The molecule has 1 aromatic rings. The number of anilines is 1. The Morgan fingerprint density at radius 3 is 3.12 bits per heavy atom. The number of fused-ring (bicyclic) bond motifs is 1. The number of β-amino-alcohol motifs (C(OH)–C–C–N with tert-alkyl or cyclic N) is 1. The average molecular weight is 237 g/mol. The molecule has 4 nitrogen and oxygen atoms in total. The van der Waals surface area contributed by atoms with E-state index in [1.807, 2.05) is 24.3 Å². The fraction of sp³-hybridized carbons (Fsp3) is 0.538. The van der Waals surface area contributed by atoms with Crippen LogP contribution in [0.4, 0.5) is 5.69 Å². The zero-order chi connectivity index (χ0) is 12.1. The largest absolute Gasteiger partial charge is 0.491 e. The molecule has 0 fully saturated rings. The second kappa shape index (κ2) is 5.89. The number of rotatable bonds is 4. The quantitative estimate of drug-likeness (QED) is 0.856. The van der Waals surface area contributed by atoms with Crippen molar-refractivity contribution < 1.29 is 14.6 Å². The molecule has 94 valence electrons. The Labute approximate surface area is 102 Å². The van der Waals surface area contributed by atoms with E-state index in [-0.39, 0.29) is 0 Å². The van der Waals surface area contributed by atoms with Crippen LogP contribution in [0.1, 0.15) is 6.42 Å². The maximum absolute atomic E-state index is 9.81. The molecule has 0 saturated carbocycles. The minimum absolute atomic E-state index is 0.361. The number of para-hydroxylation sites is 2. The molecule has 2 rings (SSSR count). The number of benzene rings is 1. The van der Waals surface area contributed by atoms with Crippen LogP contribution in [0, 0.1) is 0 Å². The number of nitrogens with zero attached hydrogens (tertiary/aromatic N) is 1. The van der Waals surface area contributed by atoms with E-state index in [0.717, 1.165) is 31.0 Å². The van der Waals surface area contributed by atoms with Gasteiger partial charge in [0.2, 0.25) is 0 Å². The zero-order valence-corrected chi connectivity index (χ0v) is 10.1. The normalized spacial score (nSPS) is 16.9. The molecule has 1 aliphatic rings. The van der Waals surface area contributed by atoms with E-state index in [4.69, 9.17) is 9.47 Å². The first-order valence-corrected chi connectivity index (χ1v) is 5.95. The van der Waals surface area contributed by atoms with Crippen molar-refractivity contribution in [1.82, 2.24) is 0 Å². The standard InChI is InChI=1S/C13H19NO3/c1-16-10-11(15)9-14-7-4-8-17-13-6-3-2-5-12(13)14/h2-3,5-6,11,15H,4,7-10H2,1H3. The van der Waals surface area contributed by atoms with Crippen LogP contribution >= 0.6 is 0 Å². The number of aliphatic hydroxyl groups excluding tert-OH is 1. The Hall–Kier alpha value is -1.26. The summed E-state index contributed by atoms with van der Waals surface area (Å²) in [7, 11) is 1.60. The SMILES string of the molecule is COCC(O)CN1CCCOc2ccccc21. The lowest BCUT2D eigenvalue weighted by molar-refractivity contribution is 0.0688. The molecule has 0 radical (unpaired) electrons. The molecule has 0 saturated heterocycles. The lowest BCUT2D eigenvalue weighted by atomic mass is 10.2. The summed E-state index contributed by atoms with van der Waals surface area (Å²) < 4.78 is 10.6. The summed E-state index contributed by atoms with van der Waals surface area (Å²) in [6.45, 7) is 2.57. The second-order valence-electron chi connectivity index (χ2n) is 4.22. The Balaban J connectivity index is 2.11. The van der Waals surface area contributed by atoms with Gasteiger partial charge in [0.1, 0.15) is 5.75 Å². The van der Waals surface area contributed by atoms with Gasteiger partial charge in [0.15, 0.2) is 0 Å². The van der Waals surface area contributed by atoms with Crippen LogP contribution in [0.3, 0.4) is 0 Å². The minimum atomic E-state index is -0.467. The number of hydrogen-bond donors (Lipinski definition) is 1. The number of ether oxygens (including phenoxy) is 2. The van der Waals surface area contributed by atoms with Crippen LogP contribution in [0.2, 0.25) is 0 Å². The highest BCUT2D eigenvalue weighted by Gasteiger charge is 2.18. The molecular weight excluding hydrogens is 218 g/mol. The lowest BCUT2D eigenvalue weighted by Gasteiger charge is -2.26. The van der Waals surface area contributed by atoms with Gasteiger partial charge in [-0.2, -0.15) is 0 Å². The molecule has 4 heteroatoms. The fourth-order valence-corrected chi connectivity index (χ4v) is 2.09. The van der Waals surface area contributed by atoms with Crippen LogP contribution in [-0.2, 0) is 4.74 Å². The Kier molecular flexibility index (Phi) is 4.23. The molecule has 1 aromatic carbocycles. The third-order valence-electron chi connectivity index (χ3n) is 2.83. The smallest absolute Gasteiger partial charge is 0.142 e. The van der Waals surface area contributed by atoms with Crippen molar-refractivity contribution in [2.75, 3.05) is 38.3 Å². The van der Waals surface area contributed by atoms with Crippen molar-refractivity contribution in [2.45, 2.75) is 12.5 Å². The molecule has 0 aliphatic carbocycles. The molecular formula is C13H19NO3. The van der Waals surface area contributed by atoms with Gasteiger partial charge in [-0.25, -0.2) is 0 Å². The van der Waals surface area contributed by atoms with Crippen LogP contribution < -0.4 is 9.64 Å². The molecule has 1 unspecified atom stereocenters. The highest BCUT2D eigenvalue weighted by Crippen LogP contribution is 2.30. The topological polar surface area (TPSA) is 41.9 Å². The van der Waals surface area contributed by atoms with Gasteiger partial charge in [0.25, 0.3) is 0 Å². The van der Waals surface area contributed by atoms with Crippen molar-refractivity contribution in [3.63, 3.8) is 0 Å². The van der Waals surface area contributed by atoms with Gasteiger partial charge < -0.3 is 19.5 Å². The first-order chi connectivity index (χ1) is 8.31. The number of aliphatic hydroxyl groups is 1. The van der Waals surface area contributed by atoms with E-state index < -0.39 is 6.10 Å². The molecule has 0 amide bonds. The highest BCUT2D eigenvalue weighted by molar-refractivity contribution is 5.59. The molecule has 17 heavy (non-hydrogen) atoms. The summed E-state index contributed by atoms with van der Waals surface area (Å²) >= 11 is 0. The summed E-state index contributed by atoms with van der Waals surface area (Å²) in [4.78, 5) is 2.16. The third kappa shape index (κ3) is 3.11. The van der Waals surface area contributed by atoms with Crippen LogP contribution in [0.5, 0.6) is 5.75 Å². The highest BCUT2D eigenvalue weighted by atomic mass is 16.5. The van der Waals surface area contributed by atoms with E-state index in [2.05, 4.69) is 4.90 Å². The first-order valence-electron chi connectivity index (χ1n) is 5.95. The summed E-state index contributed by atoms with van der Waals surface area (Å²) in [6.07, 6.45) is 0.500. The molecule has 1 aliphatic heterocycles. The maximum Gasteiger partial charge on any atom is 0.142 e. The lowest BCUT2D eigenvalue weighted by Crippen LogP contribution is -2.35. The molecule has 1 N–H and O–H groups in total. The molecule has 1 atom stereocenters. The number of hydrogen-bond acceptors (Lipinski definition) is 4. The number of methoxy groups -OCH3 is 1. The van der Waals surface area contributed by atoms with Gasteiger partial charge in [-0.15, -0.1) is 0 Å². The Morgan fingerprint density at radius 1 is 1.47 bits per heavy atom. The average Bonchev–Trinajstić information content (AvgIpc) is 2.53. The molecule has 0 bridgehead atoms. The van der Waals surface area contributed by atoms with Crippen molar-refractivity contribution in [2.24, 2.45) is 0 Å². The van der Waals surface area contributed by atoms with Gasteiger partial charge >= 0.3 is 0 Å². The third-order valence-corrected chi connectivity index (χ3v) is 2.83. The van der Waals surface area contributed by atoms with E-state index in [0.29, 0.717) is 13.2 Å². The molecule has 0 spiro atoms. The van der Waals surface area contributed by atoms with Crippen LogP contribution in [0.15, 0.2) is 24.3 Å². The van der Waals surface area contributed by atoms with Gasteiger partial charge in [0.05, 0.1) is 25.0 Å². The minimum Gasteiger partial charge on any atom is -0.491 e. The second-order valence-corrected chi connectivity index (χ2v) is 4.22. The van der Waals surface area contributed by atoms with Gasteiger partial charge in [-0.05, 0) is 18.6 Å². The van der Waals surface area contributed by atoms with E-state index in [1.54, 1.807) is 7.11 Å². The predicted octanol–water partition coefficient (Wildman–Crippen LogP) is 1.28. The first kappa shape index (κ1) is 12.2. The van der Waals surface area contributed by atoms with Crippen molar-refractivity contribution in [3.8, 4) is 5.75 Å². The summed E-state index contributed by atoms with van der Waals surface area (Å²) in [5.74, 6) is 0.898. The van der Waals surface area contributed by atoms with E-state index >= 15 is 0 Å². The van der Waals surface area contributed by atoms with Gasteiger partial charge in [0, 0.05) is 20.2 Å². The fourth-order valence-electron chi connectivity index (χ4n) is 2.09. The van der Waals surface area contributed by atoms with Crippen LogP contribution in [0.25, 0.3) is 0 Å². The van der Waals surface area contributed by atoms with E-state index in [1.165, 1.54) is 0 Å². The predicted molar refractivity (Wildman–Crippen MR) is 66.6 cm³/mol. The zero-order valence-electron chi connectivity index (χ0n) is 10.1. The summed E-state index contributed by atoms with van der Waals surface area (Å²) in [6, 6.07) is 7.95. The summed E-state index contributed by atoms with van der Waals surface area (Å²) in [5.41, 5.74) is 1.06. The Bertz CT molecular complexity index is 356. The molecule has 0 aromatic heterocycles. The summed E-state index contributed by atoms with van der Waals surface area (Å²) in [5, 5.41) is 9.81.